The van der Waals surface area contributed by atoms with Crippen molar-refractivity contribution in [2.24, 2.45) is 0 Å². The van der Waals surface area contributed by atoms with Crippen LogP contribution < -0.4 is 5.32 Å². The molecule has 0 saturated heterocycles. The van der Waals surface area contributed by atoms with E-state index in [2.05, 4.69) is 29.0 Å². The van der Waals surface area contributed by atoms with E-state index >= 15 is 0 Å². The molecular formula is C25H31N3O2. The molecule has 1 spiro atoms. The summed E-state index contributed by atoms with van der Waals surface area (Å²) in [4.78, 5) is 33.7. The first-order valence-electron chi connectivity index (χ1n) is 11.2. The fourth-order valence-electron chi connectivity index (χ4n) is 5.39. The summed E-state index contributed by atoms with van der Waals surface area (Å²) in [7, 11) is 0. The maximum absolute atomic E-state index is 13.7. The van der Waals surface area contributed by atoms with E-state index in [4.69, 9.17) is 0 Å². The minimum absolute atomic E-state index is 0.00388. The van der Waals surface area contributed by atoms with Gasteiger partial charge in [-0.05, 0) is 49.9 Å². The Bertz CT molecular complexity index is 906. The monoisotopic (exact) mass is 405 g/mol. The molecule has 2 unspecified atom stereocenters. The molecule has 1 aromatic heterocycles. The lowest BCUT2D eigenvalue weighted by molar-refractivity contribution is -0.128. The van der Waals surface area contributed by atoms with Gasteiger partial charge in [0.05, 0.1) is 23.7 Å². The highest BCUT2D eigenvalue weighted by Gasteiger charge is 2.55. The summed E-state index contributed by atoms with van der Waals surface area (Å²) in [6.07, 6.45) is 7.62. The number of hydrogen-bond acceptors (Lipinski definition) is 3. The van der Waals surface area contributed by atoms with Crippen molar-refractivity contribution < 1.29 is 9.59 Å². The van der Waals surface area contributed by atoms with Gasteiger partial charge in [-0.2, -0.15) is 0 Å². The van der Waals surface area contributed by atoms with Gasteiger partial charge in [-0.3, -0.25) is 14.6 Å². The van der Waals surface area contributed by atoms with Crippen LogP contribution in [0, 0.1) is 0 Å². The van der Waals surface area contributed by atoms with Gasteiger partial charge in [0, 0.05) is 17.8 Å². The Labute approximate surface area is 178 Å². The van der Waals surface area contributed by atoms with Crippen LogP contribution in [-0.2, 0) is 11.3 Å². The molecule has 2 aromatic rings. The van der Waals surface area contributed by atoms with E-state index in [1.165, 1.54) is 0 Å². The lowest BCUT2D eigenvalue weighted by Crippen LogP contribution is -2.64. The number of nitrogens with one attached hydrogen (secondary N) is 1. The predicted octanol–water partition coefficient (Wildman–Crippen LogP) is 4.44. The summed E-state index contributed by atoms with van der Waals surface area (Å²) in [6, 6.07) is 13.5. The minimum Gasteiger partial charge on any atom is -0.350 e. The molecule has 158 valence electrons. The summed E-state index contributed by atoms with van der Waals surface area (Å²) in [5.41, 5.74) is 1.93. The number of aromatic nitrogens is 1. The summed E-state index contributed by atoms with van der Waals surface area (Å²) in [6.45, 7) is 4.63. The molecule has 1 saturated carbocycles. The van der Waals surface area contributed by atoms with Crippen LogP contribution in [0.15, 0.2) is 48.7 Å². The molecule has 0 bridgehead atoms. The normalized spacial score (nSPS) is 21.2. The predicted molar refractivity (Wildman–Crippen MR) is 117 cm³/mol. The van der Waals surface area contributed by atoms with Crippen molar-refractivity contribution in [2.45, 2.75) is 76.4 Å². The Morgan fingerprint density at radius 2 is 1.90 bits per heavy atom. The van der Waals surface area contributed by atoms with Crippen LogP contribution in [0.3, 0.4) is 0 Å². The van der Waals surface area contributed by atoms with E-state index in [1.54, 1.807) is 6.20 Å². The van der Waals surface area contributed by atoms with E-state index in [9.17, 15) is 9.59 Å². The number of nitrogens with zero attached hydrogens (tertiary/aromatic N) is 2. The average Bonchev–Trinajstić information content (AvgIpc) is 2.79. The molecule has 5 nitrogen and oxygen atoms in total. The zero-order chi connectivity index (χ0) is 21.1. The maximum atomic E-state index is 13.7. The zero-order valence-electron chi connectivity index (χ0n) is 17.9. The van der Waals surface area contributed by atoms with Crippen molar-refractivity contribution >= 4 is 11.8 Å². The zero-order valence-corrected chi connectivity index (χ0v) is 17.9. The molecule has 1 fully saturated rings. The Morgan fingerprint density at radius 1 is 1.17 bits per heavy atom. The van der Waals surface area contributed by atoms with E-state index in [1.807, 2.05) is 42.5 Å². The number of carbonyl (C=O) groups excluding carboxylic acids is 2. The van der Waals surface area contributed by atoms with Crippen molar-refractivity contribution in [1.29, 1.82) is 0 Å². The van der Waals surface area contributed by atoms with Crippen molar-refractivity contribution in [1.82, 2.24) is 15.2 Å². The number of fused-ring (bicyclic) bond motifs is 1. The van der Waals surface area contributed by atoms with Crippen molar-refractivity contribution in [2.75, 3.05) is 0 Å². The second-order valence-corrected chi connectivity index (χ2v) is 8.66. The number of benzene rings is 1. The quantitative estimate of drug-likeness (QED) is 0.800. The molecule has 30 heavy (non-hydrogen) atoms. The second kappa shape index (κ2) is 8.58. The summed E-state index contributed by atoms with van der Waals surface area (Å²) >= 11 is 0. The highest BCUT2D eigenvalue weighted by molar-refractivity contribution is 6.02. The Morgan fingerprint density at radius 3 is 2.60 bits per heavy atom. The van der Waals surface area contributed by atoms with Gasteiger partial charge in [0.25, 0.3) is 5.91 Å². The number of pyridine rings is 1. The fraction of sp³-hybridized carbons (Fsp3) is 0.480. The van der Waals surface area contributed by atoms with Gasteiger partial charge >= 0.3 is 0 Å². The lowest BCUT2D eigenvalue weighted by atomic mass is 9.64. The Kier molecular flexibility index (Phi) is 5.89. The molecule has 1 aromatic carbocycles. The van der Waals surface area contributed by atoms with Crippen LogP contribution in [0.4, 0.5) is 0 Å². The second-order valence-electron chi connectivity index (χ2n) is 8.66. The Balaban J connectivity index is 1.76. The maximum Gasteiger partial charge on any atom is 0.254 e. The lowest BCUT2D eigenvalue weighted by Gasteiger charge is -2.55. The first kappa shape index (κ1) is 20.6. The van der Waals surface area contributed by atoms with Crippen LogP contribution in [0.1, 0.15) is 79.9 Å². The molecule has 2 heterocycles. The van der Waals surface area contributed by atoms with E-state index < -0.39 is 5.54 Å². The summed E-state index contributed by atoms with van der Waals surface area (Å²) in [5.74, 6) is -0.282. The topological polar surface area (TPSA) is 62.3 Å². The highest BCUT2D eigenvalue weighted by atomic mass is 16.2. The van der Waals surface area contributed by atoms with Gasteiger partial charge in [0.1, 0.15) is 0 Å². The van der Waals surface area contributed by atoms with E-state index in [0.29, 0.717) is 12.1 Å². The molecule has 1 aliphatic carbocycles. The van der Waals surface area contributed by atoms with Gasteiger partial charge in [-0.15, -0.1) is 0 Å². The third-order valence-electron chi connectivity index (χ3n) is 6.92. The SMILES string of the molecule is CCC(C)N1C(=O)c2ccccc2C(C(=O)NCc2ccccn2)C12CCCCC2. The van der Waals surface area contributed by atoms with E-state index in [-0.39, 0.29) is 23.8 Å². The average molecular weight is 406 g/mol. The molecule has 5 heteroatoms. The first-order valence-corrected chi connectivity index (χ1v) is 11.2. The fourth-order valence-corrected chi connectivity index (χ4v) is 5.39. The van der Waals surface area contributed by atoms with Crippen LogP contribution in [0.5, 0.6) is 0 Å². The third kappa shape index (κ3) is 3.51. The molecule has 2 aliphatic rings. The summed E-state index contributed by atoms with van der Waals surface area (Å²) < 4.78 is 0. The van der Waals surface area contributed by atoms with Gasteiger partial charge in [0.15, 0.2) is 0 Å². The van der Waals surface area contributed by atoms with Gasteiger partial charge in [0.2, 0.25) is 5.91 Å². The molecule has 2 atom stereocenters. The number of amides is 2. The molecule has 0 radical (unpaired) electrons. The highest BCUT2D eigenvalue weighted by Crippen LogP contribution is 2.50. The summed E-state index contributed by atoms with van der Waals surface area (Å²) in [5, 5.41) is 3.13. The first-order chi connectivity index (χ1) is 14.6. The molecule has 1 N–H and O–H groups in total. The van der Waals surface area contributed by atoms with Crippen LogP contribution >= 0.6 is 0 Å². The minimum atomic E-state index is -0.451. The van der Waals surface area contributed by atoms with Gasteiger partial charge in [-0.1, -0.05) is 50.5 Å². The van der Waals surface area contributed by atoms with Crippen LogP contribution in [0.2, 0.25) is 0 Å². The number of hydrogen-bond donors (Lipinski definition) is 1. The largest absolute Gasteiger partial charge is 0.350 e. The van der Waals surface area contributed by atoms with Crippen molar-refractivity contribution in [3.05, 3.63) is 65.5 Å². The third-order valence-corrected chi connectivity index (χ3v) is 6.92. The van der Waals surface area contributed by atoms with Crippen molar-refractivity contribution in [3.63, 3.8) is 0 Å². The van der Waals surface area contributed by atoms with Crippen LogP contribution in [0.25, 0.3) is 0 Å². The molecular weight excluding hydrogens is 374 g/mol. The Hall–Kier alpha value is -2.69. The van der Waals surface area contributed by atoms with Crippen LogP contribution in [-0.4, -0.2) is 33.3 Å². The molecule has 1 aliphatic heterocycles. The number of rotatable bonds is 5. The van der Waals surface area contributed by atoms with Crippen molar-refractivity contribution in [3.8, 4) is 0 Å². The molecule has 2 amide bonds. The number of carbonyl (C=O) groups is 2. The van der Waals surface area contributed by atoms with Gasteiger partial charge < -0.3 is 10.2 Å². The smallest absolute Gasteiger partial charge is 0.254 e. The molecule has 4 rings (SSSR count). The standard InChI is InChI=1S/C25H31N3O2/c1-3-18(2)28-24(30)21-13-6-5-12-20(21)22(25(28)14-8-4-9-15-25)23(29)27-17-19-11-7-10-16-26-19/h5-7,10-13,16,18,22H,3-4,8-9,14-15,17H2,1-2H3,(H,27,29). The van der Waals surface area contributed by atoms with E-state index in [0.717, 1.165) is 49.8 Å². The van der Waals surface area contributed by atoms with Gasteiger partial charge in [-0.25, -0.2) is 0 Å².